The van der Waals surface area contributed by atoms with E-state index >= 15 is 0 Å². The zero-order chi connectivity index (χ0) is 14.0. The van der Waals surface area contributed by atoms with E-state index in [0.717, 1.165) is 37.2 Å². The van der Waals surface area contributed by atoms with Crippen molar-refractivity contribution in [2.75, 3.05) is 25.4 Å². The van der Waals surface area contributed by atoms with Crippen LogP contribution in [0.3, 0.4) is 0 Å². The summed E-state index contributed by atoms with van der Waals surface area (Å²) in [6.07, 6.45) is 1.86. The summed E-state index contributed by atoms with van der Waals surface area (Å²) < 4.78 is 32.9. The number of nitrogens with one attached hydrogen (secondary N) is 2. The van der Waals surface area contributed by atoms with Gasteiger partial charge in [-0.1, -0.05) is 18.2 Å². The van der Waals surface area contributed by atoms with Gasteiger partial charge in [0.1, 0.15) is 12.4 Å². The van der Waals surface area contributed by atoms with Gasteiger partial charge in [-0.05, 0) is 37.9 Å². The number of sulfonamides is 1. The normalized spacial score (nSPS) is 23.3. The molecule has 1 fully saturated rings. The number of benzene rings is 1. The van der Waals surface area contributed by atoms with Crippen molar-refractivity contribution < 1.29 is 13.2 Å². The van der Waals surface area contributed by atoms with Crippen LogP contribution in [-0.4, -0.2) is 33.9 Å². The van der Waals surface area contributed by atoms with Gasteiger partial charge in [0.2, 0.25) is 10.0 Å². The summed E-state index contributed by atoms with van der Waals surface area (Å²) >= 11 is 0. The lowest BCUT2D eigenvalue weighted by Crippen LogP contribution is -2.37. The number of fused-ring (bicyclic) bond motifs is 1. The highest BCUT2D eigenvalue weighted by Crippen LogP contribution is 2.32. The van der Waals surface area contributed by atoms with Crippen LogP contribution in [0.1, 0.15) is 24.4 Å². The van der Waals surface area contributed by atoms with Crippen molar-refractivity contribution in [2.45, 2.75) is 18.9 Å². The quantitative estimate of drug-likeness (QED) is 0.871. The summed E-state index contributed by atoms with van der Waals surface area (Å²) in [4.78, 5) is 0. The van der Waals surface area contributed by atoms with Gasteiger partial charge >= 0.3 is 0 Å². The van der Waals surface area contributed by atoms with Gasteiger partial charge in [0.05, 0.1) is 11.8 Å². The second-order valence-corrected chi connectivity index (χ2v) is 7.29. The lowest BCUT2D eigenvalue weighted by molar-refractivity contribution is 0.324. The van der Waals surface area contributed by atoms with Gasteiger partial charge in [-0.15, -0.1) is 0 Å². The molecule has 0 saturated carbocycles. The van der Waals surface area contributed by atoms with Crippen LogP contribution in [0.25, 0.3) is 0 Å². The molecule has 2 N–H and O–H groups in total. The first-order valence-electron chi connectivity index (χ1n) is 7.06. The summed E-state index contributed by atoms with van der Waals surface area (Å²) in [6.45, 7) is 2.20. The van der Waals surface area contributed by atoms with E-state index in [-0.39, 0.29) is 17.7 Å². The molecule has 20 heavy (non-hydrogen) atoms. The average molecular weight is 296 g/mol. The lowest BCUT2D eigenvalue weighted by Gasteiger charge is -2.23. The van der Waals surface area contributed by atoms with Crippen molar-refractivity contribution in [3.8, 4) is 5.75 Å². The van der Waals surface area contributed by atoms with Crippen LogP contribution in [0.4, 0.5) is 0 Å². The molecule has 1 saturated heterocycles. The Morgan fingerprint density at radius 1 is 1.25 bits per heavy atom. The second kappa shape index (κ2) is 5.71. The molecule has 2 aliphatic heterocycles. The van der Waals surface area contributed by atoms with E-state index in [1.54, 1.807) is 0 Å². The second-order valence-electron chi connectivity index (χ2n) is 5.49. The Balaban J connectivity index is 1.65. The molecule has 110 valence electrons. The minimum atomic E-state index is -3.27. The fraction of sp³-hybridized carbons (Fsp3) is 0.571. The van der Waals surface area contributed by atoms with Gasteiger partial charge < -0.3 is 10.1 Å². The average Bonchev–Trinajstić information content (AvgIpc) is 2.82. The number of rotatable bonds is 4. The largest absolute Gasteiger partial charge is 0.491 e. The van der Waals surface area contributed by atoms with Crippen LogP contribution >= 0.6 is 0 Å². The smallest absolute Gasteiger partial charge is 0.212 e. The van der Waals surface area contributed by atoms with Crippen molar-refractivity contribution in [2.24, 2.45) is 5.92 Å². The molecule has 5 nitrogen and oxygen atoms in total. The van der Waals surface area contributed by atoms with Gasteiger partial charge in [-0.3, -0.25) is 0 Å². The predicted octanol–water partition coefficient (Wildman–Crippen LogP) is 1.04. The Morgan fingerprint density at radius 3 is 2.80 bits per heavy atom. The maximum absolute atomic E-state index is 12.3. The van der Waals surface area contributed by atoms with E-state index < -0.39 is 10.0 Å². The molecule has 0 spiro atoms. The number of piperidine rings is 1. The summed E-state index contributed by atoms with van der Waals surface area (Å²) in [5.41, 5.74) is 0.932. The molecule has 1 aromatic carbocycles. The van der Waals surface area contributed by atoms with Crippen LogP contribution in [-0.2, 0) is 10.0 Å². The zero-order valence-electron chi connectivity index (χ0n) is 11.3. The Labute approximate surface area is 119 Å². The van der Waals surface area contributed by atoms with Gasteiger partial charge in [0, 0.05) is 5.56 Å². The topological polar surface area (TPSA) is 67.4 Å². The van der Waals surface area contributed by atoms with E-state index in [1.807, 2.05) is 24.3 Å². The molecule has 0 radical (unpaired) electrons. The monoisotopic (exact) mass is 296 g/mol. The Hall–Kier alpha value is -1.11. The third-order valence-corrected chi connectivity index (χ3v) is 5.49. The SMILES string of the molecule is O=S(=O)(CC1CCNCC1)NC1COc2ccccc21. The maximum atomic E-state index is 12.3. The molecule has 1 atom stereocenters. The van der Waals surface area contributed by atoms with E-state index in [9.17, 15) is 8.42 Å². The predicted molar refractivity (Wildman–Crippen MR) is 77.2 cm³/mol. The fourth-order valence-electron chi connectivity index (χ4n) is 2.88. The highest BCUT2D eigenvalue weighted by atomic mass is 32.2. The first-order chi connectivity index (χ1) is 9.64. The van der Waals surface area contributed by atoms with Crippen LogP contribution in [0.15, 0.2) is 24.3 Å². The third kappa shape index (κ3) is 3.13. The summed E-state index contributed by atoms with van der Waals surface area (Å²) in [5, 5.41) is 3.25. The van der Waals surface area contributed by atoms with Crippen LogP contribution in [0.2, 0.25) is 0 Å². The van der Waals surface area contributed by atoms with Crippen molar-refractivity contribution in [3.63, 3.8) is 0 Å². The molecule has 0 amide bonds. The zero-order valence-corrected chi connectivity index (χ0v) is 12.2. The van der Waals surface area contributed by atoms with Crippen LogP contribution in [0.5, 0.6) is 5.75 Å². The minimum absolute atomic E-state index is 0.216. The molecule has 3 rings (SSSR count). The van der Waals surface area contributed by atoms with E-state index in [1.165, 1.54) is 0 Å². The molecule has 6 heteroatoms. The molecule has 1 aromatic rings. The highest BCUT2D eigenvalue weighted by molar-refractivity contribution is 7.89. The standard InChI is InChI=1S/C14H20N2O3S/c17-20(18,10-11-5-7-15-8-6-11)16-13-9-19-14-4-2-1-3-12(13)14/h1-4,11,13,15-16H,5-10H2. The summed E-state index contributed by atoms with van der Waals surface area (Å²) in [5.74, 6) is 1.25. The first-order valence-corrected chi connectivity index (χ1v) is 8.72. The Bertz CT molecular complexity index is 568. The molecule has 0 bridgehead atoms. The van der Waals surface area contributed by atoms with E-state index in [2.05, 4.69) is 10.0 Å². The number of para-hydroxylation sites is 1. The van der Waals surface area contributed by atoms with Crippen LogP contribution < -0.4 is 14.8 Å². The summed E-state index contributed by atoms with van der Waals surface area (Å²) in [6, 6.07) is 7.33. The van der Waals surface area contributed by atoms with Gasteiger partial charge in [-0.2, -0.15) is 0 Å². The minimum Gasteiger partial charge on any atom is -0.491 e. The summed E-state index contributed by atoms with van der Waals surface area (Å²) in [7, 11) is -3.27. The number of ether oxygens (including phenoxy) is 1. The van der Waals surface area contributed by atoms with E-state index in [4.69, 9.17) is 4.74 Å². The lowest BCUT2D eigenvalue weighted by atomic mass is 10.0. The van der Waals surface area contributed by atoms with Gasteiger partial charge in [-0.25, -0.2) is 13.1 Å². The number of hydrogen-bond acceptors (Lipinski definition) is 4. The van der Waals surface area contributed by atoms with Crippen molar-refractivity contribution >= 4 is 10.0 Å². The maximum Gasteiger partial charge on any atom is 0.212 e. The Morgan fingerprint density at radius 2 is 2.00 bits per heavy atom. The molecule has 0 aliphatic carbocycles. The molecule has 2 heterocycles. The number of hydrogen-bond donors (Lipinski definition) is 2. The van der Waals surface area contributed by atoms with E-state index in [0.29, 0.717) is 6.61 Å². The van der Waals surface area contributed by atoms with Gasteiger partial charge in [0.15, 0.2) is 0 Å². The van der Waals surface area contributed by atoms with Crippen molar-refractivity contribution in [1.29, 1.82) is 0 Å². The highest BCUT2D eigenvalue weighted by Gasteiger charge is 2.29. The van der Waals surface area contributed by atoms with Crippen LogP contribution in [0, 0.1) is 5.92 Å². The Kier molecular flexibility index (Phi) is 3.96. The molecule has 0 aromatic heterocycles. The van der Waals surface area contributed by atoms with Crippen molar-refractivity contribution in [1.82, 2.24) is 10.0 Å². The molecule has 2 aliphatic rings. The van der Waals surface area contributed by atoms with Crippen molar-refractivity contribution in [3.05, 3.63) is 29.8 Å². The fourth-order valence-corrected chi connectivity index (χ4v) is 4.56. The third-order valence-electron chi connectivity index (χ3n) is 3.94. The first kappa shape index (κ1) is 13.9. The molecule has 1 unspecified atom stereocenters. The molecular weight excluding hydrogens is 276 g/mol. The van der Waals surface area contributed by atoms with Gasteiger partial charge in [0.25, 0.3) is 0 Å². The molecular formula is C14H20N2O3S.